The Labute approximate surface area is 107 Å². The number of ketones is 1. The molecule has 1 aliphatic rings. The lowest BCUT2D eigenvalue weighted by molar-refractivity contribution is -0.121. The Morgan fingerprint density at radius 2 is 2.22 bits per heavy atom. The highest BCUT2D eigenvalue weighted by Crippen LogP contribution is 2.33. The van der Waals surface area contributed by atoms with Crippen LogP contribution in [-0.4, -0.2) is 18.5 Å². The predicted octanol–water partition coefficient (Wildman–Crippen LogP) is 2.61. The van der Waals surface area contributed by atoms with E-state index in [1.807, 2.05) is 30.3 Å². The second-order valence-corrected chi connectivity index (χ2v) is 4.78. The van der Waals surface area contributed by atoms with Gasteiger partial charge in [-0.1, -0.05) is 30.3 Å². The fourth-order valence-corrected chi connectivity index (χ4v) is 2.52. The van der Waals surface area contributed by atoms with E-state index < -0.39 is 5.41 Å². The summed E-state index contributed by atoms with van der Waals surface area (Å²) in [6.45, 7) is 2.23. The van der Waals surface area contributed by atoms with Crippen molar-refractivity contribution in [3.05, 3.63) is 35.9 Å². The van der Waals surface area contributed by atoms with E-state index in [2.05, 4.69) is 6.07 Å². The van der Waals surface area contributed by atoms with Gasteiger partial charge in [0.05, 0.1) is 12.2 Å². The number of hydrogen-bond acceptors (Lipinski definition) is 3. The average molecular weight is 243 g/mol. The van der Waals surface area contributed by atoms with E-state index in [1.54, 1.807) is 0 Å². The summed E-state index contributed by atoms with van der Waals surface area (Å²) in [6, 6.07) is 11.5. The molecule has 0 aliphatic carbocycles. The van der Waals surface area contributed by atoms with E-state index >= 15 is 0 Å². The molecular weight excluding hydrogens is 226 g/mol. The van der Waals surface area contributed by atoms with Gasteiger partial charge < -0.3 is 4.74 Å². The number of rotatable bonds is 4. The number of carbonyl (C=O) groups is 1. The molecule has 1 fully saturated rings. The summed E-state index contributed by atoms with van der Waals surface area (Å²) < 4.78 is 5.58. The molecule has 94 valence electrons. The minimum absolute atomic E-state index is 0.0220. The first-order valence-corrected chi connectivity index (χ1v) is 6.28. The van der Waals surface area contributed by atoms with Gasteiger partial charge in [-0.05, 0) is 25.3 Å². The first-order chi connectivity index (χ1) is 8.69. The molecule has 1 aromatic carbocycles. The third-order valence-electron chi connectivity index (χ3n) is 3.62. The number of hydrogen-bond donors (Lipinski definition) is 0. The quantitative estimate of drug-likeness (QED) is 0.816. The van der Waals surface area contributed by atoms with Crippen LogP contribution in [0, 0.1) is 11.3 Å². The monoisotopic (exact) mass is 243 g/mol. The second kappa shape index (κ2) is 5.32. The molecule has 0 spiro atoms. The van der Waals surface area contributed by atoms with Crippen LogP contribution >= 0.6 is 0 Å². The van der Waals surface area contributed by atoms with Gasteiger partial charge in [0.2, 0.25) is 0 Å². The lowest BCUT2D eigenvalue weighted by atomic mass is 9.74. The topological polar surface area (TPSA) is 50.1 Å². The Balaban J connectivity index is 2.34. The molecule has 1 aliphatic heterocycles. The average Bonchev–Trinajstić information content (AvgIpc) is 2.89. The lowest BCUT2D eigenvalue weighted by Crippen LogP contribution is -2.36. The summed E-state index contributed by atoms with van der Waals surface area (Å²) in [5.74, 6) is -0.105. The van der Waals surface area contributed by atoms with Crippen molar-refractivity contribution in [2.24, 2.45) is 0 Å². The van der Waals surface area contributed by atoms with Gasteiger partial charge >= 0.3 is 0 Å². The molecule has 0 saturated carbocycles. The van der Waals surface area contributed by atoms with Crippen molar-refractivity contribution in [2.45, 2.75) is 37.7 Å². The highest BCUT2D eigenvalue weighted by atomic mass is 16.5. The fourth-order valence-electron chi connectivity index (χ4n) is 2.52. The van der Waals surface area contributed by atoms with Crippen LogP contribution in [0.15, 0.2) is 30.3 Å². The molecule has 2 rings (SSSR count). The minimum atomic E-state index is -1.06. The highest BCUT2D eigenvalue weighted by molar-refractivity contribution is 5.91. The first kappa shape index (κ1) is 12.8. The molecule has 3 nitrogen and oxygen atoms in total. The zero-order valence-electron chi connectivity index (χ0n) is 10.6. The molecule has 0 amide bonds. The summed E-state index contributed by atoms with van der Waals surface area (Å²) in [5.41, 5.74) is -0.286. The molecule has 1 aromatic rings. The van der Waals surface area contributed by atoms with Gasteiger partial charge in [-0.25, -0.2) is 0 Å². The van der Waals surface area contributed by atoms with Crippen LogP contribution in [0.2, 0.25) is 0 Å². The van der Waals surface area contributed by atoms with Gasteiger partial charge in [0, 0.05) is 13.0 Å². The van der Waals surface area contributed by atoms with Crippen LogP contribution in [0.1, 0.15) is 31.7 Å². The summed E-state index contributed by atoms with van der Waals surface area (Å²) in [6.07, 6.45) is 2.43. The molecule has 18 heavy (non-hydrogen) atoms. The smallest absolute Gasteiger partial charge is 0.154 e. The molecule has 0 radical (unpaired) electrons. The van der Waals surface area contributed by atoms with Crippen molar-refractivity contribution in [3.8, 4) is 6.07 Å². The molecule has 1 saturated heterocycles. The number of Topliss-reactive ketones (excluding diaryl/α,β-unsaturated/α-hetero) is 1. The maximum absolute atomic E-state index is 12.0. The Bertz CT molecular complexity index is 457. The SMILES string of the molecule is CC(=O)C(C#N)(CC1CCCO1)c1ccccc1. The van der Waals surface area contributed by atoms with Gasteiger partial charge in [-0.2, -0.15) is 5.26 Å². The number of benzene rings is 1. The van der Waals surface area contributed by atoms with Crippen molar-refractivity contribution in [2.75, 3.05) is 6.61 Å². The summed E-state index contributed by atoms with van der Waals surface area (Å²) >= 11 is 0. The maximum Gasteiger partial charge on any atom is 0.154 e. The fraction of sp³-hybridized carbons (Fsp3) is 0.467. The number of nitriles is 1. The summed E-state index contributed by atoms with van der Waals surface area (Å²) in [5, 5.41) is 9.53. The van der Waals surface area contributed by atoms with Crippen LogP contribution in [0.3, 0.4) is 0 Å². The lowest BCUT2D eigenvalue weighted by Gasteiger charge is -2.26. The van der Waals surface area contributed by atoms with E-state index in [9.17, 15) is 10.1 Å². The first-order valence-electron chi connectivity index (χ1n) is 6.28. The second-order valence-electron chi connectivity index (χ2n) is 4.78. The van der Waals surface area contributed by atoms with Crippen molar-refractivity contribution >= 4 is 5.78 Å². The normalized spacial score (nSPS) is 22.1. The van der Waals surface area contributed by atoms with Crippen molar-refractivity contribution in [3.63, 3.8) is 0 Å². The molecule has 0 aromatic heterocycles. The number of ether oxygens (including phenoxy) is 1. The molecule has 0 N–H and O–H groups in total. The standard InChI is InChI=1S/C15H17NO2/c1-12(17)15(11-16,10-14-8-5-9-18-14)13-6-3-2-4-7-13/h2-4,6-7,14H,5,8-10H2,1H3. The van der Waals surface area contributed by atoms with Crippen LogP contribution in [0.25, 0.3) is 0 Å². The molecule has 0 bridgehead atoms. The van der Waals surface area contributed by atoms with E-state index in [0.29, 0.717) is 6.42 Å². The summed E-state index contributed by atoms with van der Waals surface area (Å²) in [4.78, 5) is 12.0. The molecule has 1 heterocycles. The Morgan fingerprint density at radius 1 is 1.50 bits per heavy atom. The van der Waals surface area contributed by atoms with Crippen LogP contribution < -0.4 is 0 Å². The van der Waals surface area contributed by atoms with Crippen LogP contribution in [0.5, 0.6) is 0 Å². The van der Waals surface area contributed by atoms with Gasteiger partial charge in [0.15, 0.2) is 5.78 Å². The minimum Gasteiger partial charge on any atom is -0.378 e. The van der Waals surface area contributed by atoms with Crippen molar-refractivity contribution in [1.82, 2.24) is 0 Å². The van der Waals surface area contributed by atoms with Gasteiger partial charge in [-0.15, -0.1) is 0 Å². The highest BCUT2D eigenvalue weighted by Gasteiger charge is 2.40. The molecular formula is C15H17NO2. The molecule has 2 atom stereocenters. The maximum atomic E-state index is 12.0. The van der Waals surface area contributed by atoms with E-state index in [-0.39, 0.29) is 11.9 Å². The van der Waals surface area contributed by atoms with Gasteiger partial charge in [-0.3, -0.25) is 4.79 Å². The Hall–Kier alpha value is -1.66. The number of nitrogens with zero attached hydrogens (tertiary/aromatic N) is 1. The number of carbonyl (C=O) groups excluding carboxylic acids is 1. The van der Waals surface area contributed by atoms with E-state index in [0.717, 1.165) is 25.0 Å². The van der Waals surface area contributed by atoms with Crippen LogP contribution in [-0.2, 0) is 14.9 Å². The van der Waals surface area contributed by atoms with Crippen molar-refractivity contribution in [1.29, 1.82) is 5.26 Å². The van der Waals surface area contributed by atoms with Gasteiger partial charge in [0.1, 0.15) is 5.41 Å². The van der Waals surface area contributed by atoms with Crippen LogP contribution in [0.4, 0.5) is 0 Å². The van der Waals surface area contributed by atoms with Crippen molar-refractivity contribution < 1.29 is 9.53 Å². The Kier molecular flexibility index (Phi) is 3.78. The third-order valence-corrected chi connectivity index (χ3v) is 3.62. The zero-order chi connectivity index (χ0) is 13.0. The van der Waals surface area contributed by atoms with E-state index in [1.165, 1.54) is 6.92 Å². The molecule has 2 unspecified atom stereocenters. The van der Waals surface area contributed by atoms with Gasteiger partial charge in [0.25, 0.3) is 0 Å². The Morgan fingerprint density at radius 3 is 2.72 bits per heavy atom. The predicted molar refractivity (Wildman–Crippen MR) is 68.0 cm³/mol. The van der Waals surface area contributed by atoms with E-state index in [4.69, 9.17) is 4.74 Å². The third kappa shape index (κ3) is 2.30. The zero-order valence-corrected chi connectivity index (χ0v) is 10.6. The summed E-state index contributed by atoms with van der Waals surface area (Å²) in [7, 11) is 0. The molecule has 3 heteroatoms. The largest absolute Gasteiger partial charge is 0.378 e.